The first kappa shape index (κ1) is 13.3. The molecule has 2 N–H and O–H groups in total. The van der Waals surface area contributed by atoms with Crippen LogP contribution in [0.15, 0.2) is 22.7 Å². The monoisotopic (exact) mass is 287 g/mol. The maximum Gasteiger partial charge on any atom is 0.156 e. The molecule has 0 spiro atoms. The van der Waals surface area contributed by atoms with E-state index in [4.69, 9.17) is 5.73 Å². The topological polar surface area (TPSA) is 43.1 Å². The lowest BCUT2D eigenvalue weighted by Gasteiger charge is -2.21. The second-order valence-corrected chi connectivity index (χ2v) is 4.96. The van der Waals surface area contributed by atoms with Crippen molar-refractivity contribution >= 4 is 21.7 Å². The van der Waals surface area contributed by atoms with Gasteiger partial charge in [0.25, 0.3) is 0 Å². The average Bonchev–Trinajstić information content (AvgIpc) is 2.22. The lowest BCUT2D eigenvalue weighted by atomic mass is 9.90. The van der Waals surface area contributed by atoms with Crippen molar-refractivity contribution in [2.75, 3.05) is 0 Å². The van der Waals surface area contributed by atoms with E-state index >= 15 is 0 Å². The highest BCUT2D eigenvalue weighted by Gasteiger charge is 2.26. The fourth-order valence-corrected chi connectivity index (χ4v) is 1.73. The van der Waals surface area contributed by atoms with Crippen molar-refractivity contribution in [2.45, 2.75) is 32.2 Å². The summed E-state index contributed by atoms with van der Waals surface area (Å²) in [6.07, 6.45) is 0.812. The van der Waals surface area contributed by atoms with Crippen molar-refractivity contribution in [3.05, 3.63) is 34.1 Å². The van der Waals surface area contributed by atoms with E-state index in [1.54, 1.807) is 13.0 Å². The third-order valence-electron chi connectivity index (χ3n) is 2.74. The Bertz CT molecular complexity index is 404. The lowest BCUT2D eigenvalue weighted by molar-refractivity contribution is -0.123. The van der Waals surface area contributed by atoms with Crippen LogP contribution in [0.25, 0.3) is 0 Å². The molecule has 1 atom stereocenters. The van der Waals surface area contributed by atoms with E-state index in [0.717, 1.165) is 5.56 Å². The van der Waals surface area contributed by atoms with Crippen molar-refractivity contribution < 1.29 is 9.18 Å². The Hall–Kier alpha value is -0.740. The zero-order valence-electron chi connectivity index (χ0n) is 9.39. The van der Waals surface area contributed by atoms with Crippen molar-refractivity contribution in [2.24, 2.45) is 5.73 Å². The highest BCUT2D eigenvalue weighted by Crippen LogP contribution is 2.20. The minimum atomic E-state index is -0.812. The van der Waals surface area contributed by atoms with Gasteiger partial charge in [-0.05, 0) is 31.0 Å². The first-order valence-electron chi connectivity index (χ1n) is 5.13. The normalized spacial score (nSPS) is 14.6. The van der Waals surface area contributed by atoms with Gasteiger partial charge in [0.2, 0.25) is 0 Å². The van der Waals surface area contributed by atoms with Gasteiger partial charge in [-0.3, -0.25) is 4.79 Å². The van der Waals surface area contributed by atoms with E-state index in [1.165, 1.54) is 12.1 Å². The van der Waals surface area contributed by atoms with Crippen LogP contribution in [0.1, 0.15) is 25.8 Å². The number of halogens is 2. The molecule has 0 fully saturated rings. The summed E-state index contributed by atoms with van der Waals surface area (Å²) >= 11 is 3.23. The van der Waals surface area contributed by atoms with Crippen LogP contribution < -0.4 is 5.73 Å². The molecule has 0 bridgehead atoms. The molecule has 0 radical (unpaired) electrons. The Balaban J connectivity index is 2.85. The van der Waals surface area contributed by atoms with Gasteiger partial charge < -0.3 is 5.73 Å². The zero-order valence-corrected chi connectivity index (χ0v) is 11.0. The van der Waals surface area contributed by atoms with Gasteiger partial charge in [-0.25, -0.2) is 4.39 Å². The van der Waals surface area contributed by atoms with Gasteiger partial charge >= 0.3 is 0 Å². The first-order chi connectivity index (χ1) is 7.36. The fourth-order valence-electron chi connectivity index (χ4n) is 1.24. The second-order valence-electron chi connectivity index (χ2n) is 4.11. The number of rotatable bonds is 4. The number of hydrogen-bond acceptors (Lipinski definition) is 2. The van der Waals surface area contributed by atoms with Crippen LogP contribution in [0.4, 0.5) is 4.39 Å². The van der Waals surface area contributed by atoms with Crippen molar-refractivity contribution in [3.8, 4) is 0 Å². The van der Waals surface area contributed by atoms with Crippen LogP contribution in [-0.4, -0.2) is 11.3 Å². The molecule has 1 unspecified atom stereocenters. The molecule has 0 saturated carbocycles. The lowest BCUT2D eigenvalue weighted by Crippen LogP contribution is -2.45. The summed E-state index contributed by atoms with van der Waals surface area (Å²) in [7, 11) is 0. The molecule has 0 saturated heterocycles. The molecule has 16 heavy (non-hydrogen) atoms. The number of benzene rings is 1. The molecule has 4 heteroatoms. The molecule has 0 amide bonds. The molecule has 0 heterocycles. The summed E-state index contributed by atoms with van der Waals surface area (Å²) in [5, 5.41) is 0. The van der Waals surface area contributed by atoms with E-state index in [-0.39, 0.29) is 18.0 Å². The van der Waals surface area contributed by atoms with Crippen LogP contribution >= 0.6 is 15.9 Å². The summed E-state index contributed by atoms with van der Waals surface area (Å²) < 4.78 is 13.4. The molecule has 1 rings (SSSR count). The number of hydrogen-bond donors (Lipinski definition) is 1. The van der Waals surface area contributed by atoms with Crippen molar-refractivity contribution in [3.63, 3.8) is 0 Å². The van der Waals surface area contributed by atoms with Gasteiger partial charge in [0.1, 0.15) is 5.82 Å². The van der Waals surface area contributed by atoms with E-state index in [9.17, 15) is 9.18 Å². The minimum Gasteiger partial charge on any atom is -0.319 e. The molecule has 0 aliphatic carbocycles. The molecular weight excluding hydrogens is 273 g/mol. The average molecular weight is 288 g/mol. The van der Waals surface area contributed by atoms with Crippen LogP contribution in [0.3, 0.4) is 0 Å². The molecule has 1 aromatic rings. The van der Waals surface area contributed by atoms with Gasteiger partial charge in [0.15, 0.2) is 5.78 Å². The summed E-state index contributed by atoms with van der Waals surface area (Å²) in [5.41, 5.74) is 5.80. The van der Waals surface area contributed by atoms with E-state index in [2.05, 4.69) is 15.9 Å². The van der Waals surface area contributed by atoms with Crippen LogP contribution in [0, 0.1) is 5.82 Å². The zero-order chi connectivity index (χ0) is 12.3. The standard InChI is InChI=1S/C12H15BrFNO/c1-3-12(2,15)11(16)6-8-4-5-9(14)7-10(8)13/h4-5,7H,3,6,15H2,1-2H3. The predicted molar refractivity (Wildman–Crippen MR) is 65.7 cm³/mol. The number of carbonyl (C=O) groups is 1. The van der Waals surface area contributed by atoms with E-state index < -0.39 is 5.54 Å². The molecule has 0 aliphatic rings. The number of ketones is 1. The summed E-state index contributed by atoms with van der Waals surface area (Å²) in [4.78, 5) is 11.9. The molecule has 2 nitrogen and oxygen atoms in total. The first-order valence-corrected chi connectivity index (χ1v) is 5.92. The van der Waals surface area contributed by atoms with E-state index in [1.807, 2.05) is 6.92 Å². The Kier molecular flexibility index (Phi) is 4.21. The van der Waals surface area contributed by atoms with Gasteiger partial charge in [-0.15, -0.1) is 0 Å². The Morgan fingerprint density at radius 3 is 2.69 bits per heavy atom. The second kappa shape index (κ2) is 5.06. The molecular formula is C12H15BrFNO. The maximum absolute atomic E-state index is 12.8. The largest absolute Gasteiger partial charge is 0.319 e. The van der Waals surface area contributed by atoms with Crippen LogP contribution in [0.2, 0.25) is 0 Å². The Labute approximate surface area is 103 Å². The fraction of sp³-hybridized carbons (Fsp3) is 0.417. The minimum absolute atomic E-state index is 0.0395. The number of Topliss-reactive ketones (excluding diaryl/α,β-unsaturated/α-hetero) is 1. The quantitative estimate of drug-likeness (QED) is 0.925. The van der Waals surface area contributed by atoms with Gasteiger partial charge in [-0.1, -0.05) is 28.9 Å². The third-order valence-corrected chi connectivity index (χ3v) is 3.48. The van der Waals surface area contributed by atoms with Gasteiger partial charge in [0.05, 0.1) is 5.54 Å². The molecule has 88 valence electrons. The third kappa shape index (κ3) is 3.12. The molecule has 1 aromatic carbocycles. The van der Waals surface area contributed by atoms with Crippen molar-refractivity contribution in [1.29, 1.82) is 0 Å². The summed E-state index contributed by atoms with van der Waals surface area (Å²) in [6.45, 7) is 3.59. The number of carbonyl (C=O) groups excluding carboxylic acids is 1. The molecule has 0 aromatic heterocycles. The Morgan fingerprint density at radius 2 is 2.19 bits per heavy atom. The highest BCUT2D eigenvalue weighted by atomic mass is 79.9. The summed E-state index contributed by atoms with van der Waals surface area (Å²) in [5.74, 6) is -0.364. The van der Waals surface area contributed by atoms with Gasteiger partial charge in [0, 0.05) is 10.9 Å². The Morgan fingerprint density at radius 1 is 1.56 bits per heavy atom. The van der Waals surface area contributed by atoms with E-state index in [0.29, 0.717) is 10.9 Å². The smallest absolute Gasteiger partial charge is 0.156 e. The number of nitrogens with two attached hydrogens (primary N) is 1. The highest BCUT2D eigenvalue weighted by molar-refractivity contribution is 9.10. The van der Waals surface area contributed by atoms with Crippen molar-refractivity contribution in [1.82, 2.24) is 0 Å². The predicted octanol–water partition coefficient (Wildman–Crippen LogP) is 2.83. The molecule has 0 aliphatic heterocycles. The summed E-state index contributed by atoms with van der Waals surface area (Å²) in [6, 6.07) is 4.29. The maximum atomic E-state index is 12.8. The van der Waals surface area contributed by atoms with Gasteiger partial charge in [-0.2, -0.15) is 0 Å². The SMILES string of the molecule is CCC(C)(N)C(=O)Cc1ccc(F)cc1Br. The van der Waals surface area contributed by atoms with Crippen LogP contribution in [-0.2, 0) is 11.2 Å². The van der Waals surface area contributed by atoms with Crippen LogP contribution in [0.5, 0.6) is 0 Å².